The number of hydrogen-bond donors (Lipinski definition) is 3. The van der Waals surface area contributed by atoms with Crippen LogP contribution in [0.25, 0.3) is 11.3 Å². The van der Waals surface area contributed by atoms with Gasteiger partial charge in [0.1, 0.15) is 17.0 Å². The first-order valence-electron chi connectivity index (χ1n) is 9.30. The van der Waals surface area contributed by atoms with Gasteiger partial charge in [-0.15, -0.1) is 5.10 Å². The molecule has 0 spiro atoms. The molecule has 0 radical (unpaired) electrons. The summed E-state index contributed by atoms with van der Waals surface area (Å²) in [6, 6.07) is 6.65. The molecule has 0 aliphatic heterocycles. The number of alkyl halides is 2. The highest BCUT2D eigenvalue weighted by Gasteiger charge is 2.38. The van der Waals surface area contributed by atoms with Gasteiger partial charge in [0.2, 0.25) is 5.95 Å². The molecule has 3 aromatic rings. The van der Waals surface area contributed by atoms with Crippen LogP contribution in [0.3, 0.4) is 0 Å². The molecular weight excluding hydrogens is 394 g/mol. The molecule has 30 heavy (non-hydrogen) atoms. The Bertz CT molecular complexity index is 1030. The highest BCUT2D eigenvalue weighted by atomic mass is 19.3. The zero-order valence-corrected chi connectivity index (χ0v) is 17.1. The number of aromatic nitrogens is 5. The maximum absolute atomic E-state index is 12.9. The topological polar surface area (TPSA) is 109 Å². The van der Waals surface area contributed by atoms with Gasteiger partial charge in [-0.05, 0) is 57.5 Å². The van der Waals surface area contributed by atoms with Gasteiger partial charge in [0.25, 0.3) is 6.43 Å². The maximum atomic E-state index is 12.9. The van der Waals surface area contributed by atoms with Crippen LogP contribution in [0.5, 0.6) is 0 Å². The average molecular weight is 418 g/mol. The Labute approximate surface area is 172 Å². The van der Waals surface area contributed by atoms with E-state index in [2.05, 4.69) is 25.6 Å². The second-order valence-corrected chi connectivity index (χ2v) is 7.95. The van der Waals surface area contributed by atoms with Crippen LogP contribution in [0.4, 0.5) is 20.4 Å². The van der Waals surface area contributed by atoms with Gasteiger partial charge in [0.05, 0.1) is 18.3 Å². The Balaban J connectivity index is 1.84. The predicted octanol–water partition coefficient (Wildman–Crippen LogP) is 3.25. The Morgan fingerprint density at radius 1 is 1.17 bits per heavy atom. The minimum Gasteiger partial charge on any atom is -0.387 e. The largest absolute Gasteiger partial charge is 0.387 e. The van der Waals surface area contributed by atoms with Gasteiger partial charge in [-0.2, -0.15) is 0 Å². The van der Waals surface area contributed by atoms with Crippen molar-refractivity contribution in [1.82, 2.24) is 25.0 Å². The third kappa shape index (κ3) is 4.95. The Hall–Kier alpha value is -2.98. The molecule has 8 nitrogen and oxygen atoms in total. The summed E-state index contributed by atoms with van der Waals surface area (Å²) in [5.41, 5.74) is -0.307. The fraction of sp³-hybridized carbons (Fsp3) is 0.400. The van der Waals surface area contributed by atoms with Crippen molar-refractivity contribution in [1.29, 1.82) is 0 Å². The van der Waals surface area contributed by atoms with E-state index < -0.39 is 17.6 Å². The van der Waals surface area contributed by atoms with Gasteiger partial charge in [-0.3, -0.25) is 0 Å². The molecule has 1 atom stereocenters. The van der Waals surface area contributed by atoms with Crippen molar-refractivity contribution in [2.75, 3.05) is 5.32 Å². The van der Waals surface area contributed by atoms with Gasteiger partial charge in [0, 0.05) is 17.4 Å². The van der Waals surface area contributed by atoms with Crippen LogP contribution in [0, 0.1) is 6.92 Å². The van der Waals surface area contributed by atoms with Crippen molar-refractivity contribution in [2.45, 2.75) is 51.9 Å². The smallest absolute Gasteiger partial charge is 0.280 e. The molecule has 2 aromatic heterocycles. The van der Waals surface area contributed by atoms with E-state index in [-0.39, 0.29) is 18.2 Å². The van der Waals surface area contributed by atoms with Crippen molar-refractivity contribution in [2.24, 2.45) is 0 Å². The molecule has 3 rings (SSSR count). The van der Waals surface area contributed by atoms with Gasteiger partial charge in [-0.1, -0.05) is 5.21 Å². The molecule has 0 bridgehead atoms. The number of halogens is 2. The number of aliphatic hydroxyl groups is 2. The van der Waals surface area contributed by atoms with Gasteiger partial charge >= 0.3 is 0 Å². The Kier molecular flexibility index (Phi) is 5.82. The molecule has 0 unspecified atom stereocenters. The summed E-state index contributed by atoms with van der Waals surface area (Å²) in [5.74, 6) is 0.0641. The van der Waals surface area contributed by atoms with Crippen LogP contribution in [0.1, 0.15) is 38.5 Å². The number of anilines is 2. The molecule has 10 heteroatoms. The first-order valence-corrected chi connectivity index (χ1v) is 9.30. The van der Waals surface area contributed by atoms with E-state index >= 15 is 0 Å². The molecule has 0 aliphatic rings. The average Bonchev–Trinajstić information content (AvgIpc) is 3.08. The van der Waals surface area contributed by atoms with Crippen LogP contribution >= 0.6 is 0 Å². The van der Waals surface area contributed by atoms with Crippen molar-refractivity contribution in [3.8, 4) is 11.3 Å². The summed E-state index contributed by atoms with van der Waals surface area (Å²) in [6.07, 6.45) is 0.248. The number of nitrogens with zero attached hydrogens (tertiary/aromatic N) is 5. The fourth-order valence-electron chi connectivity index (χ4n) is 2.70. The molecule has 0 aliphatic carbocycles. The lowest BCUT2D eigenvalue weighted by Gasteiger charge is -2.35. The molecule has 0 saturated heterocycles. The first kappa shape index (κ1) is 21.7. The molecule has 0 saturated carbocycles. The van der Waals surface area contributed by atoms with Crippen LogP contribution < -0.4 is 5.32 Å². The van der Waals surface area contributed by atoms with Crippen molar-refractivity contribution < 1.29 is 19.0 Å². The van der Waals surface area contributed by atoms with Crippen molar-refractivity contribution in [3.05, 3.63) is 47.9 Å². The third-order valence-electron chi connectivity index (χ3n) is 4.86. The lowest BCUT2D eigenvalue weighted by atomic mass is 9.88. The lowest BCUT2D eigenvalue weighted by molar-refractivity contribution is -0.129. The van der Waals surface area contributed by atoms with Crippen LogP contribution in [0.2, 0.25) is 0 Å². The Morgan fingerprint density at radius 3 is 2.57 bits per heavy atom. The van der Waals surface area contributed by atoms with Crippen LogP contribution in [-0.2, 0) is 6.54 Å². The summed E-state index contributed by atoms with van der Waals surface area (Å²) < 4.78 is 27.2. The number of aryl methyl sites for hydroxylation is 1. The van der Waals surface area contributed by atoms with Gasteiger partial charge in [-0.25, -0.2) is 23.4 Å². The summed E-state index contributed by atoms with van der Waals surface area (Å²) in [5, 5.41) is 31.7. The SMILES string of the molecule is Cc1cc(Nc2nccc(C(F)F)n2)cc(-c2cn(C[C@@](C)(O)C(C)(C)O)nn2)c1. The Morgan fingerprint density at radius 2 is 1.90 bits per heavy atom. The van der Waals surface area contributed by atoms with E-state index in [0.29, 0.717) is 11.4 Å². The van der Waals surface area contributed by atoms with Gasteiger partial charge < -0.3 is 15.5 Å². The minimum atomic E-state index is -2.68. The zero-order valence-electron chi connectivity index (χ0n) is 17.1. The number of hydrogen-bond acceptors (Lipinski definition) is 7. The van der Waals surface area contributed by atoms with Crippen LogP contribution in [-0.4, -0.2) is 46.4 Å². The van der Waals surface area contributed by atoms with Crippen molar-refractivity contribution >= 4 is 11.6 Å². The lowest BCUT2D eigenvalue weighted by Crippen LogP contribution is -2.50. The standard InChI is InChI=1S/C20H24F2N6O2/c1-12-7-13(16-10-28(27-26-16)11-20(4,30)19(2,3)29)9-14(8-12)24-18-23-6-5-15(25-18)17(21)22/h5-10,17,29-30H,11H2,1-4H3,(H,23,24,25)/t20-/m1/s1. The van der Waals surface area contributed by atoms with E-state index in [9.17, 15) is 19.0 Å². The summed E-state index contributed by atoms with van der Waals surface area (Å²) >= 11 is 0. The fourth-order valence-corrected chi connectivity index (χ4v) is 2.70. The monoisotopic (exact) mass is 418 g/mol. The highest BCUT2D eigenvalue weighted by molar-refractivity contribution is 5.68. The number of nitrogens with one attached hydrogen (secondary N) is 1. The summed E-state index contributed by atoms with van der Waals surface area (Å²) in [6.45, 7) is 6.50. The first-order chi connectivity index (χ1) is 13.9. The van der Waals surface area contributed by atoms with E-state index in [0.717, 1.165) is 11.1 Å². The predicted molar refractivity (Wildman–Crippen MR) is 107 cm³/mol. The number of rotatable bonds is 7. The second-order valence-electron chi connectivity index (χ2n) is 7.95. The van der Waals surface area contributed by atoms with Crippen molar-refractivity contribution in [3.63, 3.8) is 0 Å². The number of benzene rings is 1. The highest BCUT2D eigenvalue weighted by Crippen LogP contribution is 2.27. The molecule has 1 aromatic carbocycles. The normalized spacial score (nSPS) is 14.0. The van der Waals surface area contributed by atoms with E-state index in [4.69, 9.17) is 0 Å². The van der Waals surface area contributed by atoms with Crippen LogP contribution in [0.15, 0.2) is 36.7 Å². The molecular formula is C20H24F2N6O2. The van der Waals surface area contributed by atoms with Gasteiger partial charge in [0.15, 0.2) is 0 Å². The van der Waals surface area contributed by atoms with E-state index in [1.165, 1.54) is 37.7 Å². The quantitative estimate of drug-likeness (QED) is 0.540. The minimum absolute atomic E-state index is 0.0503. The second kappa shape index (κ2) is 8.04. The molecule has 160 valence electrons. The van der Waals surface area contributed by atoms with E-state index in [1.54, 1.807) is 12.3 Å². The zero-order chi connectivity index (χ0) is 22.1. The third-order valence-corrected chi connectivity index (χ3v) is 4.86. The molecule has 0 amide bonds. The summed E-state index contributed by atoms with van der Waals surface area (Å²) in [7, 11) is 0. The van der Waals surface area contributed by atoms with E-state index in [1.807, 2.05) is 19.1 Å². The molecule has 3 N–H and O–H groups in total. The molecule has 2 heterocycles. The summed E-state index contributed by atoms with van der Waals surface area (Å²) in [4.78, 5) is 7.79. The molecule has 0 fully saturated rings. The maximum Gasteiger partial charge on any atom is 0.280 e.